The molecule has 0 aromatic carbocycles. The number of unbranched alkanes of at least 4 members (excludes halogenated alkanes) is 19. The second-order valence-corrected chi connectivity index (χ2v) is 13.1. The molecule has 1 aliphatic heterocycles. The van der Waals surface area contributed by atoms with Gasteiger partial charge in [-0.1, -0.05) is 129 Å². The fraction of sp³-hybridized carbons (Fsp3) is 1.00. The van der Waals surface area contributed by atoms with Gasteiger partial charge >= 0.3 is 7.82 Å². The molecule has 1 aliphatic rings. The van der Waals surface area contributed by atoms with Crippen LogP contribution in [0, 0.1) is 0 Å². The zero-order valence-electron chi connectivity index (χ0n) is 24.5. The highest BCUT2D eigenvalue weighted by molar-refractivity contribution is 7.47. The van der Waals surface area contributed by atoms with E-state index in [4.69, 9.17) is 9.05 Å². The van der Waals surface area contributed by atoms with E-state index < -0.39 is 7.82 Å². The molecule has 1 atom stereocenters. The maximum absolute atomic E-state index is 12.2. The molecule has 0 aromatic heterocycles. The third-order valence-electron chi connectivity index (χ3n) is 8.28. The van der Waals surface area contributed by atoms with Crippen LogP contribution in [0.2, 0.25) is 0 Å². The maximum Gasteiger partial charge on any atom is 0.472 e. The highest BCUT2D eigenvalue weighted by Gasteiger charge is 2.34. The van der Waals surface area contributed by atoms with E-state index in [1.54, 1.807) is 0 Å². The first-order chi connectivity index (χ1) is 17.4. The second kappa shape index (κ2) is 21.9. The van der Waals surface area contributed by atoms with E-state index in [0.29, 0.717) is 6.61 Å². The van der Waals surface area contributed by atoms with Crippen LogP contribution in [0.1, 0.15) is 155 Å². The van der Waals surface area contributed by atoms with E-state index in [0.717, 1.165) is 49.8 Å². The summed E-state index contributed by atoms with van der Waals surface area (Å²) in [5, 5.41) is 0. The van der Waals surface area contributed by atoms with Crippen LogP contribution in [-0.2, 0) is 13.6 Å². The van der Waals surface area contributed by atoms with Gasteiger partial charge in [0, 0.05) is 12.8 Å². The number of hydrogen-bond donors (Lipinski definition) is 1. The molecule has 1 fully saturated rings. The van der Waals surface area contributed by atoms with Gasteiger partial charge in [0.1, 0.15) is 0 Å². The van der Waals surface area contributed by atoms with Crippen molar-refractivity contribution in [3.05, 3.63) is 0 Å². The molecule has 0 amide bonds. The second-order valence-electron chi connectivity index (χ2n) is 11.7. The van der Waals surface area contributed by atoms with E-state index in [2.05, 4.69) is 20.9 Å². The number of phosphoric acid groups is 1. The van der Waals surface area contributed by atoms with Gasteiger partial charge in [0.25, 0.3) is 0 Å². The number of quaternary nitrogens is 1. The highest BCUT2D eigenvalue weighted by Crippen LogP contribution is 2.46. The average molecular weight is 533 g/mol. The molecule has 36 heavy (non-hydrogen) atoms. The van der Waals surface area contributed by atoms with Crippen molar-refractivity contribution in [3.8, 4) is 0 Å². The van der Waals surface area contributed by atoms with Crippen LogP contribution < -0.4 is 0 Å². The first-order valence-electron chi connectivity index (χ1n) is 15.9. The van der Waals surface area contributed by atoms with Crippen LogP contribution in [0.4, 0.5) is 0 Å². The van der Waals surface area contributed by atoms with Gasteiger partial charge in [0.05, 0.1) is 39.4 Å². The number of likely N-dealkylation sites (tertiary alicyclic amines) is 1. The standard InChI is InChI=1S/C30H62NO4P/c1-4-6-7-8-9-10-11-12-13-14-15-16-17-18-19-20-21-22-23-24-29-34-36(32,33)35-30-25-27-31(3,5-2)28-26-30/h30H,4-29H2,1-3H3/p+1. The summed E-state index contributed by atoms with van der Waals surface area (Å²) < 4.78 is 23.9. The van der Waals surface area contributed by atoms with Crippen LogP contribution in [0.25, 0.3) is 0 Å². The van der Waals surface area contributed by atoms with Crippen molar-refractivity contribution < 1.29 is 23.0 Å². The lowest BCUT2D eigenvalue weighted by molar-refractivity contribution is -0.913. The minimum atomic E-state index is -3.91. The van der Waals surface area contributed by atoms with E-state index in [1.165, 1.54) is 116 Å². The quantitative estimate of drug-likeness (QED) is 0.0722. The first-order valence-corrected chi connectivity index (χ1v) is 17.4. The molecule has 0 bridgehead atoms. The zero-order chi connectivity index (χ0) is 26.4. The van der Waals surface area contributed by atoms with Crippen molar-refractivity contribution in [2.24, 2.45) is 0 Å². The molecule has 1 saturated heterocycles. The maximum atomic E-state index is 12.2. The SMILES string of the molecule is CCCCCCCCCCCCCCCCCCCCCCOP(=O)(O)OC1CC[N+](C)(CC)CC1. The summed E-state index contributed by atoms with van der Waals surface area (Å²) in [6, 6.07) is 0. The van der Waals surface area contributed by atoms with E-state index in [1.807, 2.05) is 0 Å². The molecule has 6 heteroatoms. The van der Waals surface area contributed by atoms with E-state index in [9.17, 15) is 9.46 Å². The van der Waals surface area contributed by atoms with Gasteiger partial charge in [0.15, 0.2) is 0 Å². The fourth-order valence-corrected chi connectivity index (χ4v) is 6.35. The lowest BCUT2D eigenvalue weighted by atomic mass is 10.0. The summed E-state index contributed by atoms with van der Waals surface area (Å²) in [5.74, 6) is 0. The minimum Gasteiger partial charge on any atom is -0.326 e. The lowest BCUT2D eigenvalue weighted by Gasteiger charge is -2.39. The Morgan fingerprint density at radius 2 is 1.03 bits per heavy atom. The molecule has 0 aromatic rings. The van der Waals surface area contributed by atoms with E-state index >= 15 is 0 Å². The van der Waals surface area contributed by atoms with E-state index in [-0.39, 0.29) is 6.10 Å². The monoisotopic (exact) mass is 532 g/mol. The van der Waals surface area contributed by atoms with Gasteiger partial charge < -0.3 is 9.38 Å². The van der Waals surface area contributed by atoms with Crippen molar-refractivity contribution in [1.82, 2.24) is 0 Å². The van der Waals surface area contributed by atoms with Gasteiger partial charge in [0.2, 0.25) is 0 Å². The Kier molecular flexibility index (Phi) is 20.8. The van der Waals surface area contributed by atoms with Gasteiger partial charge in [-0.15, -0.1) is 0 Å². The fourth-order valence-electron chi connectivity index (χ4n) is 5.35. The average Bonchev–Trinajstić information content (AvgIpc) is 2.86. The number of nitrogens with zero attached hydrogens (tertiary/aromatic N) is 1. The summed E-state index contributed by atoms with van der Waals surface area (Å²) in [4.78, 5) is 10.0. The summed E-state index contributed by atoms with van der Waals surface area (Å²) in [5.41, 5.74) is 0. The molecular weight excluding hydrogens is 469 g/mol. The Labute approximate surface area is 225 Å². The molecule has 0 saturated carbocycles. The largest absolute Gasteiger partial charge is 0.472 e. The highest BCUT2D eigenvalue weighted by atomic mass is 31.2. The minimum absolute atomic E-state index is 0.145. The Bertz CT molecular complexity index is 537. The summed E-state index contributed by atoms with van der Waals surface area (Å²) in [7, 11) is -1.67. The molecular formula is C30H63NO4P+. The normalized spacial score (nSPS) is 22.1. The molecule has 1 unspecified atom stereocenters. The summed E-state index contributed by atoms with van der Waals surface area (Å²) >= 11 is 0. The Balaban J connectivity index is 1.80. The molecule has 0 radical (unpaired) electrons. The van der Waals surface area contributed by atoms with Crippen LogP contribution in [-0.4, -0.2) is 48.8 Å². The summed E-state index contributed by atoms with van der Waals surface area (Å²) in [6.45, 7) is 7.90. The van der Waals surface area contributed by atoms with Crippen molar-refractivity contribution in [2.45, 2.75) is 161 Å². The predicted molar refractivity (Wildman–Crippen MR) is 154 cm³/mol. The third-order valence-corrected chi connectivity index (χ3v) is 9.35. The van der Waals surface area contributed by atoms with Crippen LogP contribution in [0.3, 0.4) is 0 Å². The molecule has 5 nitrogen and oxygen atoms in total. The number of piperidine rings is 1. The van der Waals surface area contributed by atoms with Crippen LogP contribution in [0.15, 0.2) is 0 Å². The van der Waals surface area contributed by atoms with Gasteiger partial charge in [-0.2, -0.15) is 0 Å². The van der Waals surface area contributed by atoms with Gasteiger partial charge in [-0.3, -0.25) is 9.05 Å². The number of rotatable bonds is 25. The van der Waals surface area contributed by atoms with Crippen molar-refractivity contribution in [1.29, 1.82) is 0 Å². The van der Waals surface area contributed by atoms with Crippen molar-refractivity contribution in [2.75, 3.05) is 33.3 Å². The van der Waals surface area contributed by atoms with Crippen molar-refractivity contribution >= 4 is 7.82 Å². The Hall–Kier alpha value is 0.0700. The first kappa shape index (κ1) is 34.1. The molecule has 1 heterocycles. The zero-order valence-corrected chi connectivity index (χ0v) is 25.4. The Morgan fingerprint density at radius 1 is 0.667 bits per heavy atom. The topological polar surface area (TPSA) is 55.8 Å². The lowest BCUT2D eigenvalue weighted by Crippen LogP contribution is -2.50. The number of phosphoric ester groups is 1. The van der Waals surface area contributed by atoms with Gasteiger partial charge in [-0.05, 0) is 13.3 Å². The predicted octanol–water partition coefficient (Wildman–Crippen LogP) is 9.57. The molecule has 1 N–H and O–H groups in total. The molecule has 216 valence electrons. The smallest absolute Gasteiger partial charge is 0.326 e. The van der Waals surface area contributed by atoms with Crippen LogP contribution >= 0.6 is 7.82 Å². The Morgan fingerprint density at radius 3 is 1.39 bits per heavy atom. The van der Waals surface area contributed by atoms with Gasteiger partial charge in [-0.25, -0.2) is 4.57 Å². The number of hydrogen-bond acceptors (Lipinski definition) is 3. The van der Waals surface area contributed by atoms with Crippen LogP contribution in [0.5, 0.6) is 0 Å². The third kappa shape index (κ3) is 19.2. The summed E-state index contributed by atoms with van der Waals surface area (Å²) in [6.07, 6.45) is 28.5. The molecule has 1 rings (SSSR count). The van der Waals surface area contributed by atoms with Crippen molar-refractivity contribution in [3.63, 3.8) is 0 Å². The molecule has 0 spiro atoms. The molecule has 0 aliphatic carbocycles.